The largest absolute Gasteiger partial charge is 0.495 e. The van der Waals surface area contributed by atoms with E-state index in [4.69, 9.17) is 10.5 Å². The van der Waals surface area contributed by atoms with Crippen molar-refractivity contribution in [2.75, 3.05) is 19.4 Å². The minimum absolute atomic E-state index is 0.0583. The molecular weight excluding hydrogens is 309 g/mol. The molecular formula is C12H17F3N2O3S. The first kappa shape index (κ1) is 17.6. The van der Waals surface area contributed by atoms with Crippen LogP contribution in [0.15, 0.2) is 23.1 Å². The van der Waals surface area contributed by atoms with E-state index in [9.17, 15) is 21.6 Å². The fraction of sp³-hybridized carbons (Fsp3) is 0.500. The molecule has 0 saturated heterocycles. The van der Waals surface area contributed by atoms with Gasteiger partial charge in [0.25, 0.3) is 0 Å². The van der Waals surface area contributed by atoms with Gasteiger partial charge >= 0.3 is 6.18 Å². The molecule has 0 fully saturated rings. The number of nitrogens with zero attached hydrogens (tertiary/aromatic N) is 1. The average Bonchev–Trinajstić information content (AvgIpc) is 2.34. The van der Waals surface area contributed by atoms with Crippen molar-refractivity contribution in [2.45, 2.75) is 31.0 Å². The van der Waals surface area contributed by atoms with E-state index in [2.05, 4.69) is 0 Å². The summed E-state index contributed by atoms with van der Waals surface area (Å²) in [4.78, 5) is -0.386. The van der Waals surface area contributed by atoms with Crippen LogP contribution in [-0.4, -0.2) is 38.6 Å². The number of hydrogen-bond donors (Lipinski definition) is 1. The molecule has 1 rings (SSSR count). The number of nitrogens with two attached hydrogens (primary N) is 1. The molecule has 0 atom stereocenters. The van der Waals surface area contributed by atoms with Crippen LogP contribution in [0.3, 0.4) is 0 Å². The summed E-state index contributed by atoms with van der Waals surface area (Å²) in [7, 11) is -3.16. The number of rotatable bonds is 5. The lowest BCUT2D eigenvalue weighted by atomic mass is 10.3. The van der Waals surface area contributed by atoms with E-state index in [1.165, 1.54) is 33.1 Å². The number of anilines is 1. The van der Waals surface area contributed by atoms with E-state index in [-0.39, 0.29) is 16.3 Å². The highest BCUT2D eigenvalue weighted by molar-refractivity contribution is 7.89. The van der Waals surface area contributed by atoms with Gasteiger partial charge in [0.15, 0.2) is 0 Å². The standard InChI is InChI=1S/C12H17F3N2O3S/c1-8(2)17(7-12(13,14)15)21(18,19)11-6-9(16)4-5-10(11)20-3/h4-6,8H,7,16H2,1-3H3. The molecule has 0 aliphatic rings. The maximum absolute atomic E-state index is 12.6. The molecule has 0 unspecified atom stereocenters. The zero-order chi connectivity index (χ0) is 16.4. The highest BCUT2D eigenvalue weighted by atomic mass is 32.2. The molecule has 0 aliphatic carbocycles. The lowest BCUT2D eigenvalue weighted by molar-refractivity contribution is -0.138. The quantitative estimate of drug-likeness (QED) is 0.842. The van der Waals surface area contributed by atoms with Crippen molar-refractivity contribution in [3.63, 3.8) is 0 Å². The Hall–Kier alpha value is -1.48. The Labute approximate surface area is 121 Å². The Morgan fingerprint density at radius 3 is 2.33 bits per heavy atom. The van der Waals surface area contributed by atoms with Crippen LogP contribution in [0.4, 0.5) is 18.9 Å². The molecule has 0 heterocycles. The molecule has 2 N–H and O–H groups in total. The van der Waals surface area contributed by atoms with Crippen molar-refractivity contribution in [2.24, 2.45) is 0 Å². The van der Waals surface area contributed by atoms with Gasteiger partial charge in [-0.1, -0.05) is 0 Å². The molecule has 120 valence electrons. The molecule has 0 amide bonds. The van der Waals surface area contributed by atoms with Gasteiger partial charge in [-0.15, -0.1) is 0 Å². The normalized spacial score (nSPS) is 13.0. The predicted octanol–water partition coefficient (Wildman–Crippen LogP) is 2.24. The Bertz CT molecular complexity index is 600. The van der Waals surface area contributed by atoms with E-state index in [0.717, 1.165) is 6.07 Å². The van der Waals surface area contributed by atoms with Crippen molar-refractivity contribution in [1.29, 1.82) is 0 Å². The summed E-state index contributed by atoms with van der Waals surface area (Å²) in [6.07, 6.45) is -4.65. The van der Waals surface area contributed by atoms with Crippen LogP contribution >= 0.6 is 0 Å². The van der Waals surface area contributed by atoms with E-state index in [0.29, 0.717) is 4.31 Å². The molecule has 21 heavy (non-hydrogen) atoms. The van der Waals surface area contributed by atoms with Gasteiger partial charge in [-0.25, -0.2) is 8.42 Å². The number of nitrogen functional groups attached to an aromatic ring is 1. The van der Waals surface area contributed by atoms with E-state index in [1.807, 2.05) is 0 Å². The van der Waals surface area contributed by atoms with Gasteiger partial charge in [0, 0.05) is 11.7 Å². The molecule has 0 bridgehead atoms. The van der Waals surface area contributed by atoms with Crippen molar-refractivity contribution >= 4 is 15.7 Å². The van der Waals surface area contributed by atoms with Crippen LogP contribution in [0.5, 0.6) is 5.75 Å². The van der Waals surface area contributed by atoms with Gasteiger partial charge in [0.05, 0.1) is 7.11 Å². The second kappa shape index (κ2) is 6.10. The molecule has 9 heteroatoms. The van der Waals surface area contributed by atoms with Gasteiger partial charge in [-0.3, -0.25) is 0 Å². The van der Waals surface area contributed by atoms with Crippen LogP contribution < -0.4 is 10.5 Å². The zero-order valence-corrected chi connectivity index (χ0v) is 12.6. The fourth-order valence-electron chi connectivity index (χ4n) is 1.74. The smallest absolute Gasteiger partial charge is 0.402 e. The summed E-state index contributed by atoms with van der Waals surface area (Å²) in [5.41, 5.74) is 5.64. The number of sulfonamides is 1. The number of benzene rings is 1. The highest BCUT2D eigenvalue weighted by Gasteiger charge is 2.39. The van der Waals surface area contributed by atoms with Crippen LogP contribution in [0.2, 0.25) is 0 Å². The Morgan fingerprint density at radius 1 is 1.33 bits per heavy atom. The number of hydrogen-bond acceptors (Lipinski definition) is 4. The molecule has 5 nitrogen and oxygen atoms in total. The minimum Gasteiger partial charge on any atom is -0.495 e. The zero-order valence-electron chi connectivity index (χ0n) is 11.8. The Kier molecular flexibility index (Phi) is 5.11. The first-order valence-corrected chi connectivity index (χ1v) is 7.45. The van der Waals surface area contributed by atoms with Crippen molar-refractivity contribution in [3.8, 4) is 5.75 Å². The van der Waals surface area contributed by atoms with E-state index >= 15 is 0 Å². The van der Waals surface area contributed by atoms with Crippen LogP contribution in [0.1, 0.15) is 13.8 Å². The lowest BCUT2D eigenvalue weighted by Crippen LogP contribution is -2.43. The van der Waals surface area contributed by atoms with Crippen LogP contribution in [0, 0.1) is 0 Å². The van der Waals surface area contributed by atoms with E-state index < -0.39 is 28.8 Å². The highest BCUT2D eigenvalue weighted by Crippen LogP contribution is 2.31. The number of ether oxygens (including phenoxy) is 1. The monoisotopic (exact) mass is 326 g/mol. The van der Waals surface area contributed by atoms with Gasteiger partial charge in [-0.2, -0.15) is 17.5 Å². The third-order valence-corrected chi connectivity index (χ3v) is 4.73. The molecule has 0 radical (unpaired) electrons. The molecule has 0 aliphatic heterocycles. The summed E-state index contributed by atoms with van der Waals surface area (Å²) in [6.45, 7) is 1.15. The van der Waals surface area contributed by atoms with Crippen LogP contribution in [-0.2, 0) is 10.0 Å². The van der Waals surface area contributed by atoms with Crippen molar-refractivity contribution in [3.05, 3.63) is 18.2 Å². The van der Waals surface area contributed by atoms with Crippen LogP contribution in [0.25, 0.3) is 0 Å². The van der Waals surface area contributed by atoms with Crippen molar-refractivity contribution in [1.82, 2.24) is 4.31 Å². The lowest BCUT2D eigenvalue weighted by Gasteiger charge is -2.27. The van der Waals surface area contributed by atoms with E-state index in [1.54, 1.807) is 0 Å². The fourth-order valence-corrected chi connectivity index (χ4v) is 3.56. The van der Waals surface area contributed by atoms with Gasteiger partial charge < -0.3 is 10.5 Å². The Morgan fingerprint density at radius 2 is 1.90 bits per heavy atom. The number of methoxy groups -OCH3 is 1. The maximum atomic E-state index is 12.6. The first-order valence-electron chi connectivity index (χ1n) is 6.01. The summed E-state index contributed by atoms with van der Waals surface area (Å²) >= 11 is 0. The van der Waals surface area contributed by atoms with Crippen molar-refractivity contribution < 1.29 is 26.3 Å². The maximum Gasteiger partial charge on any atom is 0.402 e. The number of alkyl halides is 3. The summed E-state index contributed by atoms with van der Waals surface area (Å²) in [6, 6.07) is 2.91. The predicted molar refractivity (Wildman–Crippen MR) is 72.5 cm³/mol. The number of halogens is 3. The second-order valence-electron chi connectivity index (χ2n) is 4.67. The second-order valence-corrected chi connectivity index (χ2v) is 6.53. The Balaban J connectivity index is 3.39. The summed E-state index contributed by atoms with van der Waals surface area (Å²) in [5.74, 6) is -0.0583. The molecule has 0 spiro atoms. The van der Waals surface area contributed by atoms with Gasteiger partial charge in [0.2, 0.25) is 10.0 Å². The topological polar surface area (TPSA) is 72.6 Å². The van der Waals surface area contributed by atoms with Gasteiger partial charge in [-0.05, 0) is 32.0 Å². The molecule has 1 aromatic rings. The third-order valence-electron chi connectivity index (χ3n) is 2.69. The average molecular weight is 326 g/mol. The molecule has 1 aromatic carbocycles. The third kappa shape index (κ3) is 4.24. The summed E-state index contributed by atoms with van der Waals surface area (Å²) < 4.78 is 68.1. The summed E-state index contributed by atoms with van der Waals surface area (Å²) in [5, 5.41) is 0. The van der Waals surface area contributed by atoms with Gasteiger partial charge in [0.1, 0.15) is 17.2 Å². The molecule has 0 aromatic heterocycles. The minimum atomic E-state index is -4.65. The SMILES string of the molecule is COc1ccc(N)cc1S(=O)(=O)N(CC(F)(F)F)C(C)C. The molecule has 0 saturated carbocycles. The first-order chi connectivity index (χ1) is 9.49.